The van der Waals surface area contributed by atoms with Crippen LogP contribution in [0.25, 0.3) is 10.9 Å². The van der Waals surface area contributed by atoms with Crippen molar-refractivity contribution in [1.82, 2.24) is 4.98 Å². The molecule has 0 amide bonds. The second-order valence-electron chi connectivity index (χ2n) is 5.49. The van der Waals surface area contributed by atoms with Gasteiger partial charge in [-0.15, -0.1) is 0 Å². The van der Waals surface area contributed by atoms with E-state index in [2.05, 4.69) is 4.98 Å². The van der Waals surface area contributed by atoms with Gasteiger partial charge < -0.3 is 14.9 Å². The summed E-state index contributed by atoms with van der Waals surface area (Å²) in [6.45, 7) is 9.53. The molecule has 0 aliphatic rings. The Morgan fingerprint density at radius 3 is 2.50 bits per heavy atom. The molecule has 1 heterocycles. The van der Waals surface area contributed by atoms with Crippen molar-refractivity contribution in [3.05, 3.63) is 27.6 Å². The summed E-state index contributed by atoms with van der Waals surface area (Å²) in [5.41, 5.74) is 8.37. The van der Waals surface area contributed by atoms with Crippen LogP contribution in [0, 0.1) is 6.92 Å². The van der Waals surface area contributed by atoms with Crippen molar-refractivity contribution >= 4 is 16.6 Å². The number of fused-ring (bicyclic) bond motifs is 1. The molecule has 20 heavy (non-hydrogen) atoms. The molecule has 5 heteroatoms. The number of anilines is 1. The van der Waals surface area contributed by atoms with Gasteiger partial charge in [0, 0.05) is 5.69 Å². The van der Waals surface area contributed by atoms with Gasteiger partial charge in [-0.2, -0.15) is 4.98 Å². The number of nitrogens with zero attached hydrogens (tertiary/aromatic N) is 1. The third-order valence-corrected chi connectivity index (χ3v) is 3.17. The van der Waals surface area contributed by atoms with Crippen LogP contribution in [0.1, 0.15) is 44.7 Å². The largest absolute Gasteiger partial charge is 0.447 e. The van der Waals surface area contributed by atoms with E-state index in [1.165, 1.54) is 0 Å². The molecule has 0 bridgehead atoms. The van der Waals surface area contributed by atoms with Crippen LogP contribution in [0.5, 0.6) is 6.08 Å². The van der Waals surface area contributed by atoms with E-state index in [9.17, 15) is 4.79 Å². The molecule has 0 fully saturated rings. The fourth-order valence-electron chi connectivity index (χ4n) is 2.11. The molecule has 5 nitrogen and oxygen atoms in total. The zero-order valence-corrected chi connectivity index (χ0v) is 12.5. The van der Waals surface area contributed by atoms with Crippen LogP contribution in [0.15, 0.2) is 15.3 Å². The fraction of sp³-hybridized carbons (Fsp3) is 0.467. The molecule has 108 valence electrons. The van der Waals surface area contributed by atoms with Crippen LogP contribution in [0.2, 0.25) is 0 Å². The molecule has 0 aliphatic heterocycles. The lowest BCUT2D eigenvalue weighted by molar-refractivity contribution is 0.166. The van der Waals surface area contributed by atoms with Crippen molar-refractivity contribution in [3.8, 4) is 6.08 Å². The van der Waals surface area contributed by atoms with Gasteiger partial charge in [-0.25, -0.2) is 4.79 Å². The van der Waals surface area contributed by atoms with Crippen molar-refractivity contribution < 1.29 is 9.15 Å². The van der Waals surface area contributed by atoms with E-state index in [0.717, 1.165) is 11.1 Å². The number of aromatic nitrogens is 1. The Bertz CT molecular complexity index is 702. The maximum absolute atomic E-state index is 12.2. The van der Waals surface area contributed by atoms with Gasteiger partial charge in [0.05, 0.1) is 17.0 Å². The summed E-state index contributed by atoms with van der Waals surface area (Å²) in [5, 5.41) is 0.489. The third-order valence-electron chi connectivity index (χ3n) is 3.17. The third kappa shape index (κ3) is 2.48. The molecule has 1 aromatic carbocycles. The quantitative estimate of drug-likeness (QED) is 0.872. The Balaban J connectivity index is 2.82. The first kappa shape index (κ1) is 14.4. The maximum Gasteiger partial charge on any atom is 0.397 e. The minimum absolute atomic E-state index is 0.0130. The second kappa shape index (κ2) is 5.15. The predicted molar refractivity (Wildman–Crippen MR) is 79.3 cm³/mol. The predicted octanol–water partition coefficient (Wildman–Crippen LogP) is 2.99. The van der Waals surface area contributed by atoms with Crippen LogP contribution in [0.3, 0.4) is 0 Å². The first-order valence-corrected chi connectivity index (χ1v) is 6.71. The van der Waals surface area contributed by atoms with E-state index < -0.39 is 5.63 Å². The van der Waals surface area contributed by atoms with Gasteiger partial charge in [0.2, 0.25) is 0 Å². The van der Waals surface area contributed by atoms with E-state index in [4.69, 9.17) is 14.9 Å². The van der Waals surface area contributed by atoms with Crippen molar-refractivity contribution in [2.75, 3.05) is 5.73 Å². The highest BCUT2D eigenvalue weighted by Crippen LogP contribution is 2.29. The first-order chi connectivity index (χ1) is 9.31. The van der Waals surface area contributed by atoms with Gasteiger partial charge in [0.25, 0.3) is 0 Å². The topological polar surface area (TPSA) is 78.4 Å². The van der Waals surface area contributed by atoms with Gasteiger partial charge in [-0.05, 0) is 43.9 Å². The number of rotatable bonds is 3. The molecule has 0 spiro atoms. The molecule has 0 saturated heterocycles. The number of aryl methyl sites for hydroxylation is 1. The Morgan fingerprint density at radius 2 is 1.95 bits per heavy atom. The average Bonchev–Trinajstić information content (AvgIpc) is 2.32. The number of nitrogen functional groups attached to an aromatic ring is 1. The van der Waals surface area contributed by atoms with Gasteiger partial charge in [0.1, 0.15) is 0 Å². The standard InChI is InChI=1S/C15H20N2O3/c1-7(2)10-6-11(16)9(5)13-12(10)14(18)20-15(17-13)19-8(3)4/h6-8H,16H2,1-5H3. The molecule has 0 aliphatic carbocycles. The number of ether oxygens (including phenoxy) is 1. The van der Waals surface area contributed by atoms with E-state index in [1.807, 2.05) is 40.7 Å². The molecular formula is C15H20N2O3. The van der Waals surface area contributed by atoms with Gasteiger partial charge in [-0.3, -0.25) is 0 Å². The normalized spacial score (nSPS) is 11.6. The van der Waals surface area contributed by atoms with Crippen LogP contribution in [0.4, 0.5) is 5.69 Å². The molecule has 0 atom stereocenters. The summed E-state index contributed by atoms with van der Waals surface area (Å²) in [4.78, 5) is 16.6. The fourth-order valence-corrected chi connectivity index (χ4v) is 2.11. The highest BCUT2D eigenvalue weighted by molar-refractivity contribution is 5.88. The molecular weight excluding hydrogens is 256 g/mol. The summed E-state index contributed by atoms with van der Waals surface area (Å²) in [5.74, 6) is 0.155. The van der Waals surface area contributed by atoms with Gasteiger partial charge in [-0.1, -0.05) is 13.8 Å². The molecule has 2 aromatic rings. The molecule has 0 unspecified atom stereocenters. The van der Waals surface area contributed by atoms with E-state index in [0.29, 0.717) is 16.6 Å². The molecule has 0 radical (unpaired) electrons. The van der Waals surface area contributed by atoms with Crippen LogP contribution in [-0.4, -0.2) is 11.1 Å². The number of nitrogens with two attached hydrogens (primary N) is 1. The Hall–Kier alpha value is -2.04. The number of benzene rings is 1. The Morgan fingerprint density at radius 1 is 1.30 bits per heavy atom. The lowest BCUT2D eigenvalue weighted by Gasteiger charge is -2.14. The maximum atomic E-state index is 12.2. The summed E-state index contributed by atoms with van der Waals surface area (Å²) in [6, 6.07) is 1.82. The lowest BCUT2D eigenvalue weighted by atomic mass is 9.96. The van der Waals surface area contributed by atoms with E-state index >= 15 is 0 Å². The molecule has 1 aromatic heterocycles. The van der Waals surface area contributed by atoms with Crippen molar-refractivity contribution in [2.24, 2.45) is 0 Å². The second-order valence-corrected chi connectivity index (χ2v) is 5.49. The SMILES string of the molecule is Cc1c(N)cc(C(C)C)c2c(=O)oc(OC(C)C)nc12. The lowest BCUT2D eigenvalue weighted by Crippen LogP contribution is -2.13. The highest BCUT2D eigenvalue weighted by atomic mass is 16.6. The van der Waals surface area contributed by atoms with E-state index in [-0.39, 0.29) is 18.1 Å². The van der Waals surface area contributed by atoms with Crippen molar-refractivity contribution in [3.63, 3.8) is 0 Å². The zero-order chi connectivity index (χ0) is 15.0. The van der Waals surface area contributed by atoms with Crippen LogP contribution < -0.4 is 16.1 Å². The van der Waals surface area contributed by atoms with Crippen molar-refractivity contribution in [1.29, 1.82) is 0 Å². The average molecular weight is 276 g/mol. The zero-order valence-electron chi connectivity index (χ0n) is 12.5. The summed E-state index contributed by atoms with van der Waals surface area (Å²) >= 11 is 0. The summed E-state index contributed by atoms with van der Waals surface area (Å²) in [7, 11) is 0. The molecule has 2 rings (SSSR count). The van der Waals surface area contributed by atoms with Gasteiger partial charge in [0.15, 0.2) is 0 Å². The van der Waals surface area contributed by atoms with Crippen molar-refractivity contribution in [2.45, 2.75) is 46.6 Å². The molecule has 0 saturated carbocycles. The van der Waals surface area contributed by atoms with Gasteiger partial charge >= 0.3 is 11.7 Å². The minimum Gasteiger partial charge on any atom is -0.447 e. The van der Waals surface area contributed by atoms with Crippen LogP contribution >= 0.6 is 0 Å². The molecule has 2 N–H and O–H groups in total. The Labute approximate surface area is 117 Å². The number of hydrogen-bond acceptors (Lipinski definition) is 5. The first-order valence-electron chi connectivity index (χ1n) is 6.71. The minimum atomic E-state index is -0.433. The van der Waals surface area contributed by atoms with Crippen LogP contribution in [-0.2, 0) is 0 Å². The summed E-state index contributed by atoms with van der Waals surface area (Å²) in [6.07, 6.45) is -0.130. The summed E-state index contributed by atoms with van der Waals surface area (Å²) < 4.78 is 10.5. The highest BCUT2D eigenvalue weighted by Gasteiger charge is 2.18. The Kier molecular flexibility index (Phi) is 3.70. The van der Waals surface area contributed by atoms with E-state index in [1.54, 1.807) is 0 Å². The number of hydrogen-bond donors (Lipinski definition) is 1. The monoisotopic (exact) mass is 276 g/mol. The smallest absolute Gasteiger partial charge is 0.397 e.